The number of aromatic nitrogens is 1. The third kappa shape index (κ3) is 7.19. The van der Waals surface area contributed by atoms with Gasteiger partial charge in [0.05, 0.1) is 35.7 Å². The maximum absolute atomic E-state index is 12.8. The fourth-order valence-corrected chi connectivity index (χ4v) is 4.34. The quantitative estimate of drug-likeness (QED) is 0.237. The molecule has 208 valence electrons. The van der Waals surface area contributed by atoms with E-state index in [1.54, 1.807) is 18.2 Å². The van der Waals surface area contributed by atoms with Gasteiger partial charge < -0.3 is 29.7 Å². The molecule has 0 radical (unpaired) electrons. The van der Waals surface area contributed by atoms with Gasteiger partial charge in [0.1, 0.15) is 29.4 Å². The van der Waals surface area contributed by atoms with Crippen molar-refractivity contribution in [3.63, 3.8) is 0 Å². The minimum Gasteiger partial charge on any atom is -0.486 e. The van der Waals surface area contributed by atoms with E-state index < -0.39 is 0 Å². The number of hydrogen-bond donors (Lipinski definition) is 2. The lowest BCUT2D eigenvalue weighted by atomic mass is 10.1. The molecule has 1 fully saturated rings. The van der Waals surface area contributed by atoms with Crippen molar-refractivity contribution in [1.82, 2.24) is 9.88 Å². The number of amides is 1. The summed E-state index contributed by atoms with van der Waals surface area (Å²) in [4.78, 5) is 19.3. The summed E-state index contributed by atoms with van der Waals surface area (Å²) in [6, 6.07) is 22.8. The second kappa shape index (κ2) is 13.0. The predicted octanol–water partition coefficient (Wildman–Crippen LogP) is 5.87. The Morgan fingerprint density at radius 1 is 1.15 bits per heavy atom. The number of benzene rings is 3. The summed E-state index contributed by atoms with van der Waals surface area (Å²) >= 11 is 0. The molecule has 1 aliphatic heterocycles. The molecule has 3 aromatic carbocycles. The zero-order valence-electron chi connectivity index (χ0n) is 23.0. The third-order valence-corrected chi connectivity index (χ3v) is 6.37. The van der Waals surface area contributed by atoms with Crippen LogP contribution in [0, 0.1) is 11.3 Å². The van der Waals surface area contributed by atoms with Crippen LogP contribution < -0.4 is 20.1 Å². The van der Waals surface area contributed by atoms with Gasteiger partial charge in [0, 0.05) is 42.4 Å². The van der Waals surface area contributed by atoms with Crippen LogP contribution in [0.3, 0.4) is 0 Å². The number of likely N-dealkylation sites (N-methyl/N-ethyl adjacent to an activating group) is 1. The molecule has 1 atom stereocenters. The SMILES string of the molecule is CN(C)C/C=C/C(=O)Nc1cc2c(Nc3ccc(Oc4ccccc4)cc3)c(C#N)cnc2cc1O[C@@H]1CCOC1. The largest absolute Gasteiger partial charge is 0.486 e. The highest BCUT2D eigenvalue weighted by Crippen LogP contribution is 2.37. The van der Waals surface area contributed by atoms with E-state index in [0.29, 0.717) is 59.1 Å². The maximum Gasteiger partial charge on any atom is 0.248 e. The molecule has 0 saturated carbocycles. The lowest BCUT2D eigenvalue weighted by Gasteiger charge is -2.18. The first-order valence-corrected chi connectivity index (χ1v) is 13.3. The minimum atomic E-state index is -0.286. The fourth-order valence-electron chi connectivity index (χ4n) is 4.34. The molecule has 1 saturated heterocycles. The van der Waals surface area contributed by atoms with Gasteiger partial charge in [-0.2, -0.15) is 5.26 Å². The van der Waals surface area contributed by atoms with E-state index in [2.05, 4.69) is 21.7 Å². The number of pyridine rings is 1. The first-order chi connectivity index (χ1) is 20.0. The van der Waals surface area contributed by atoms with E-state index >= 15 is 0 Å². The van der Waals surface area contributed by atoms with Crippen LogP contribution in [-0.2, 0) is 9.53 Å². The van der Waals surface area contributed by atoms with Gasteiger partial charge in [-0.25, -0.2) is 0 Å². The minimum absolute atomic E-state index is 0.125. The van der Waals surface area contributed by atoms with E-state index in [0.717, 1.165) is 17.9 Å². The van der Waals surface area contributed by atoms with Crippen molar-refractivity contribution in [2.45, 2.75) is 12.5 Å². The number of ether oxygens (including phenoxy) is 3. The summed E-state index contributed by atoms with van der Waals surface area (Å²) in [6.45, 7) is 1.73. The van der Waals surface area contributed by atoms with Gasteiger partial charge >= 0.3 is 0 Å². The molecule has 1 aromatic heterocycles. The molecule has 2 N–H and O–H groups in total. The standard InChI is InChI=1S/C32H31N5O4/c1-37(2)15-6-9-31(38)36-29-17-27-28(18-30(29)41-26-14-16-39-21-26)34-20-22(19-33)32(27)35-23-10-12-25(13-11-23)40-24-7-4-3-5-8-24/h3-13,17-18,20,26H,14-16,21H2,1-2H3,(H,34,35)(H,36,38)/b9-6+/t26-/m1/s1. The second-order valence-corrected chi connectivity index (χ2v) is 9.85. The van der Waals surface area contributed by atoms with Crippen molar-refractivity contribution in [3.05, 3.63) is 90.6 Å². The van der Waals surface area contributed by atoms with E-state index in [1.807, 2.05) is 73.6 Å². The van der Waals surface area contributed by atoms with Crippen molar-refractivity contribution in [2.75, 3.05) is 44.5 Å². The summed E-state index contributed by atoms with van der Waals surface area (Å²) in [6.07, 6.45) is 5.44. The van der Waals surface area contributed by atoms with Crippen molar-refractivity contribution >= 4 is 33.9 Å². The van der Waals surface area contributed by atoms with Crippen molar-refractivity contribution in [1.29, 1.82) is 5.26 Å². The molecule has 0 aliphatic carbocycles. The number of nitrogens with one attached hydrogen (secondary N) is 2. The van der Waals surface area contributed by atoms with Crippen molar-refractivity contribution < 1.29 is 19.0 Å². The van der Waals surface area contributed by atoms with Crippen LogP contribution in [-0.4, -0.2) is 55.7 Å². The van der Waals surface area contributed by atoms with Crippen LogP contribution in [0.5, 0.6) is 17.2 Å². The van der Waals surface area contributed by atoms with Crippen molar-refractivity contribution in [2.24, 2.45) is 0 Å². The van der Waals surface area contributed by atoms with Gasteiger partial charge in [-0.15, -0.1) is 0 Å². The molecule has 0 unspecified atom stereocenters. The molecule has 1 amide bonds. The summed E-state index contributed by atoms with van der Waals surface area (Å²) in [7, 11) is 3.86. The molecular weight excluding hydrogens is 518 g/mol. The number of nitriles is 1. The molecule has 0 bridgehead atoms. The summed E-state index contributed by atoms with van der Waals surface area (Å²) < 4.78 is 17.6. The van der Waals surface area contributed by atoms with Gasteiger partial charge in [-0.3, -0.25) is 9.78 Å². The van der Waals surface area contributed by atoms with Gasteiger partial charge in [0.15, 0.2) is 0 Å². The zero-order chi connectivity index (χ0) is 28.6. The first kappa shape index (κ1) is 27.6. The molecule has 4 aromatic rings. The Labute approximate surface area is 239 Å². The molecule has 0 spiro atoms. The average Bonchev–Trinajstić information content (AvgIpc) is 3.48. The van der Waals surface area contributed by atoms with Gasteiger partial charge in [0.25, 0.3) is 0 Å². The lowest BCUT2D eigenvalue weighted by Crippen LogP contribution is -2.18. The number of para-hydroxylation sites is 1. The Hall–Kier alpha value is -4.91. The van der Waals surface area contributed by atoms with Gasteiger partial charge in [-0.05, 0) is 56.6 Å². The lowest BCUT2D eigenvalue weighted by molar-refractivity contribution is -0.111. The van der Waals surface area contributed by atoms with Crippen LogP contribution in [0.1, 0.15) is 12.0 Å². The molecular formula is C32H31N5O4. The normalized spacial score (nSPS) is 14.7. The van der Waals surface area contributed by atoms with Crippen LogP contribution in [0.25, 0.3) is 10.9 Å². The number of fused-ring (bicyclic) bond motifs is 1. The van der Waals surface area contributed by atoms with E-state index in [1.165, 1.54) is 12.3 Å². The second-order valence-electron chi connectivity index (χ2n) is 9.85. The Morgan fingerprint density at radius 3 is 2.63 bits per heavy atom. The topological polar surface area (TPSA) is 109 Å². The highest BCUT2D eigenvalue weighted by Gasteiger charge is 2.21. The Kier molecular flexibility index (Phi) is 8.74. The van der Waals surface area contributed by atoms with Crippen molar-refractivity contribution in [3.8, 4) is 23.3 Å². The summed E-state index contributed by atoms with van der Waals surface area (Å²) in [5, 5.41) is 16.9. The van der Waals surface area contributed by atoms with Crippen LogP contribution in [0.15, 0.2) is 85.1 Å². The first-order valence-electron chi connectivity index (χ1n) is 13.3. The van der Waals surface area contributed by atoms with Crippen LogP contribution >= 0.6 is 0 Å². The molecule has 41 heavy (non-hydrogen) atoms. The number of anilines is 3. The number of nitrogens with zero attached hydrogens (tertiary/aromatic N) is 3. The molecule has 9 heteroatoms. The number of rotatable bonds is 10. The smallest absolute Gasteiger partial charge is 0.248 e. The maximum atomic E-state index is 12.8. The Morgan fingerprint density at radius 2 is 1.93 bits per heavy atom. The summed E-state index contributed by atoms with van der Waals surface area (Å²) in [5.41, 5.74) is 2.79. The third-order valence-electron chi connectivity index (χ3n) is 6.37. The summed E-state index contributed by atoms with van der Waals surface area (Å²) in [5.74, 6) is 1.64. The Balaban J connectivity index is 1.47. The number of carbonyl (C=O) groups excluding carboxylic acids is 1. The number of carbonyl (C=O) groups is 1. The molecule has 2 heterocycles. The molecule has 1 aliphatic rings. The molecule has 5 rings (SSSR count). The fraction of sp³-hybridized carbons (Fsp3) is 0.219. The van der Waals surface area contributed by atoms with E-state index in [4.69, 9.17) is 14.2 Å². The monoisotopic (exact) mass is 549 g/mol. The van der Waals surface area contributed by atoms with E-state index in [-0.39, 0.29) is 12.0 Å². The van der Waals surface area contributed by atoms with Crippen LogP contribution in [0.2, 0.25) is 0 Å². The number of hydrogen-bond acceptors (Lipinski definition) is 8. The predicted molar refractivity (Wildman–Crippen MR) is 159 cm³/mol. The van der Waals surface area contributed by atoms with Gasteiger partial charge in [-0.1, -0.05) is 24.3 Å². The highest BCUT2D eigenvalue weighted by molar-refractivity contribution is 6.04. The highest BCUT2D eigenvalue weighted by atomic mass is 16.5. The zero-order valence-corrected chi connectivity index (χ0v) is 23.0. The van der Waals surface area contributed by atoms with E-state index in [9.17, 15) is 10.1 Å². The average molecular weight is 550 g/mol. The van der Waals surface area contributed by atoms with Crippen LogP contribution in [0.4, 0.5) is 17.1 Å². The molecule has 9 nitrogen and oxygen atoms in total. The van der Waals surface area contributed by atoms with Gasteiger partial charge in [0.2, 0.25) is 5.91 Å². The Bertz CT molecular complexity index is 1570.